The van der Waals surface area contributed by atoms with Crippen LogP contribution in [0.25, 0.3) is 0 Å². The topological polar surface area (TPSA) is 9.23 Å². The van der Waals surface area contributed by atoms with Crippen LogP contribution in [0.15, 0.2) is 22.7 Å². The molecule has 1 aromatic rings. The maximum absolute atomic E-state index is 5.30. The van der Waals surface area contributed by atoms with Crippen molar-refractivity contribution in [3.63, 3.8) is 0 Å². The van der Waals surface area contributed by atoms with E-state index in [2.05, 4.69) is 21.9 Å². The van der Waals surface area contributed by atoms with E-state index in [9.17, 15) is 0 Å². The Labute approximate surface area is 80.9 Å². The van der Waals surface area contributed by atoms with Crippen molar-refractivity contribution in [2.45, 2.75) is 6.92 Å². The summed E-state index contributed by atoms with van der Waals surface area (Å²) in [7, 11) is 0. The van der Waals surface area contributed by atoms with Gasteiger partial charge in [-0.05, 0) is 19.1 Å². The Morgan fingerprint density at radius 2 is 2.33 bits per heavy atom. The molecule has 0 fully saturated rings. The van der Waals surface area contributed by atoms with E-state index in [4.69, 9.17) is 11.2 Å². The van der Waals surface area contributed by atoms with Crippen LogP contribution in [0.5, 0.6) is 5.75 Å². The molecule has 0 spiro atoms. The smallest absolute Gasteiger partial charge is 0.148 e. The van der Waals surface area contributed by atoms with E-state index in [0.29, 0.717) is 6.61 Å². The lowest BCUT2D eigenvalue weighted by Gasteiger charge is -2.06. The maximum atomic E-state index is 5.30. The number of ether oxygens (including phenoxy) is 1. The van der Waals surface area contributed by atoms with Gasteiger partial charge in [0.05, 0.1) is 0 Å². The molecule has 0 heterocycles. The first-order valence-corrected chi connectivity index (χ1v) is 4.36. The highest BCUT2D eigenvalue weighted by atomic mass is 79.9. The van der Waals surface area contributed by atoms with Crippen LogP contribution in [0.3, 0.4) is 0 Å². The molecule has 0 radical (unpaired) electrons. The molecule has 62 valence electrons. The zero-order valence-corrected chi connectivity index (χ0v) is 8.39. The molecule has 0 aromatic heterocycles. The van der Waals surface area contributed by atoms with Gasteiger partial charge in [0.1, 0.15) is 12.4 Å². The van der Waals surface area contributed by atoms with Crippen molar-refractivity contribution in [1.82, 2.24) is 0 Å². The molecule has 1 aromatic carbocycles. The van der Waals surface area contributed by atoms with Crippen molar-refractivity contribution in [2.24, 2.45) is 0 Å². The fraction of sp³-hybridized carbons (Fsp3) is 0.200. The Morgan fingerprint density at radius 1 is 1.58 bits per heavy atom. The molecule has 0 atom stereocenters. The molecule has 0 aliphatic rings. The highest BCUT2D eigenvalue weighted by Gasteiger charge is 2.00. The number of hydrogen-bond donors (Lipinski definition) is 0. The molecular weight excluding hydrogens is 216 g/mol. The van der Waals surface area contributed by atoms with Crippen LogP contribution in [0.1, 0.15) is 5.56 Å². The van der Waals surface area contributed by atoms with E-state index < -0.39 is 0 Å². The summed E-state index contributed by atoms with van der Waals surface area (Å²) in [6.07, 6.45) is 5.08. The Morgan fingerprint density at radius 3 is 3.00 bits per heavy atom. The molecule has 0 N–H and O–H groups in total. The molecule has 0 bridgehead atoms. The van der Waals surface area contributed by atoms with E-state index in [1.165, 1.54) is 0 Å². The third-order valence-electron chi connectivity index (χ3n) is 1.53. The van der Waals surface area contributed by atoms with E-state index in [1.54, 1.807) is 0 Å². The lowest BCUT2D eigenvalue weighted by Crippen LogP contribution is -1.95. The van der Waals surface area contributed by atoms with Gasteiger partial charge < -0.3 is 4.74 Å². The monoisotopic (exact) mass is 224 g/mol. The number of hydrogen-bond acceptors (Lipinski definition) is 1. The summed E-state index contributed by atoms with van der Waals surface area (Å²) in [6, 6.07) is 5.79. The first-order valence-electron chi connectivity index (χ1n) is 3.57. The highest BCUT2D eigenvalue weighted by molar-refractivity contribution is 9.10. The lowest BCUT2D eigenvalue weighted by atomic mass is 10.2. The number of halogens is 1. The predicted octanol–water partition coefficient (Wildman–Crippen LogP) is 2.77. The van der Waals surface area contributed by atoms with Gasteiger partial charge in [-0.1, -0.05) is 27.9 Å². The standard InChI is InChI=1S/C10H9BrO/c1-3-7-12-10-6-4-5-9(11)8(10)2/h1,4-6H,7H2,2H3. The van der Waals surface area contributed by atoms with Gasteiger partial charge in [0, 0.05) is 10.0 Å². The SMILES string of the molecule is C#CCOc1cccc(Br)c1C. The summed E-state index contributed by atoms with van der Waals surface area (Å²) in [4.78, 5) is 0. The zero-order valence-electron chi connectivity index (χ0n) is 6.80. The number of benzene rings is 1. The fourth-order valence-corrected chi connectivity index (χ4v) is 1.21. The molecular formula is C10H9BrO. The van der Waals surface area contributed by atoms with Crippen molar-refractivity contribution in [1.29, 1.82) is 0 Å². The molecule has 1 rings (SSSR count). The van der Waals surface area contributed by atoms with Crippen LogP contribution in [0, 0.1) is 19.3 Å². The summed E-state index contributed by atoms with van der Waals surface area (Å²) in [5.41, 5.74) is 1.08. The van der Waals surface area contributed by atoms with Crippen LogP contribution >= 0.6 is 15.9 Å². The summed E-state index contributed by atoms with van der Waals surface area (Å²) in [5, 5.41) is 0. The van der Waals surface area contributed by atoms with Crippen LogP contribution in [-0.2, 0) is 0 Å². The van der Waals surface area contributed by atoms with Gasteiger partial charge in [0.2, 0.25) is 0 Å². The Kier molecular flexibility index (Phi) is 3.19. The van der Waals surface area contributed by atoms with Crippen molar-refractivity contribution >= 4 is 15.9 Å². The Balaban J connectivity index is 2.86. The van der Waals surface area contributed by atoms with Crippen LogP contribution in [0.4, 0.5) is 0 Å². The zero-order chi connectivity index (χ0) is 8.97. The van der Waals surface area contributed by atoms with Crippen molar-refractivity contribution < 1.29 is 4.74 Å². The van der Waals surface area contributed by atoms with Gasteiger partial charge in [-0.2, -0.15) is 0 Å². The van der Waals surface area contributed by atoms with E-state index in [0.717, 1.165) is 15.8 Å². The first-order chi connectivity index (χ1) is 5.75. The summed E-state index contributed by atoms with van der Waals surface area (Å²) in [6.45, 7) is 2.30. The molecule has 1 nitrogen and oxygen atoms in total. The molecule has 12 heavy (non-hydrogen) atoms. The van der Waals surface area contributed by atoms with E-state index >= 15 is 0 Å². The van der Waals surface area contributed by atoms with E-state index in [1.807, 2.05) is 25.1 Å². The van der Waals surface area contributed by atoms with Crippen LogP contribution in [0.2, 0.25) is 0 Å². The second kappa shape index (κ2) is 4.18. The second-order valence-electron chi connectivity index (χ2n) is 2.36. The minimum Gasteiger partial charge on any atom is -0.481 e. The molecule has 0 saturated carbocycles. The summed E-state index contributed by atoms with van der Waals surface area (Å²) >= 11 is 3.41. The third-order valence-corrected chi connectivity index (χ3v) is 2.39. The van der Waals surface area contributed by atoms with Gasteiger partial charge in [0.15, 0.2) is 0 Å². The predicted molar refractivity (Wildman–Crippen MR) is 53.2 cm³/mol. The molecule has 0 amide bonds. The largest absolute Gasteiger partial charge is 0.481 e. The third kappa shape index (κ3) is 2.02. The molecule has 0 aliphatic carbocycles. The molecule has 0 unspecified atom stereocenters. The average Bonchev–Trinajstić information content (AvgIpc) is 2.08. The minimum absolute atomic E-state index is 0.317. The van der Waals surface area contributed by atoms with Gasteiger partial charge in [0.25, 0.3) is 0 Å². The highest BCUT2D eigenvalue weighted by Crippen LogP contribution is 2.25. The summed E-state index contributed by atoms with van der Waals surface area (Å²) in [5.74, 6) is 3.26. The van der Waals surface area contributed by atoms with Gasteiger partial charge in [-0.3, -0.25) is 0 Å². The Bertz CT molecular complexity index is 312. The number of terminal acetylenes is 1. The number of rotatable bonds is 2. The van der Waals surface area contributed by atoms with Crippen LogP contribution < -0.4 is 4.74 Å². The van der Waals surface area contributed by atoms with E-state index in [-0.39, 0.29) is 0 Å². The van der Waals surface area contributed by atoms with Crippen molar-refractivity contribution in [3.8, 4) is 18.1 Å². The second-order valence-corrected chi connectivity index (χ2v) is 3.21. The summed E-state index contributed by atoms with van der Waals surface area (Å²) < 4.78 is 6.34. The molecule has 2 heteroatoms. The maximum Gasteiger partial charge on any atom is 0.148 e. The lowest BCUT2D eigenvalue weighted by molar-refractivity contribution is 0.367. The molecule has 0 saturated heterocycles. The van der Waals surface area contributed by atoms with Crippen molar-refractivity contribution in [3.05, 3.63) is 28.2 Å². The quantitative estimate of drug-likeness (QED) is 0.703. The van der Waals surface area contributed by atoms with Gasteiger partial charge in [-0.15, -0.1) is 6.42 Å². The average molecular weight is 225 g/mol. The van der Waals surface area contributed by atoms with Gasteiger partial charge in [-0.25, -0.2) is 0 Å². The first kappa shape index (κ1) is 9.15. The molecule has 0 aliphatic heterocycles. The van der Waals surface area contributed by atoms with Crippen LogP contribution in [-0.4, -0.2) is 6.61 Å². The normalized spacial score (nSPS) is 9.08. The van der Waals surface area contributed by atoms with Gasteiger partial charge >= 0.3 is 0 Å². The fourth-order valence-electron chi connectivity index (χ4n) is 0.863. The Hall–Kier alpha value is -0.940. The minimum atomic E-state index is 0.317. The van der Waals surface area contributed by atoms with Crippen molar-refractivity contribution in [2.75, 3.05) is 6.61 Å².